The summed E-state index contributed by atoms with van der Waals surface area (Å²) in [6, 6.07) is 24.0. The number of amides is 2. The molecule has 2 aliphatic rings. The van der Waals surface area contributed by atoms with Crippen molar-refractivity contribution in [1.82, 2.24) is 14.8 Å². The topological polar surface area (TPSA) is 54.3 Å². The Hall–Kier alpha value is -3.93. The van der Waals surface area contributed by atoms with E-state index in [0.29, 0.717) is 12.2 Å². The standard InChI is InChI=1S/C33H34FN3O2/c1-23-13-16-25-20-30-31(38)37(21-24-14-17-27(34)18-15-24)33(22-36(30)29(25)19-23,26-9-5-4-6-10-26)32(39)35-28-11-7-2-3-8-12-28/h4-6,9-10,13-20,28H,2-3,7-8,11-12,21-22H2,1H3,(H,35,39)/t33-/m0/s1. The molecule has 2 heterocycles. The van der Waals surface area contributed by atoms with Gasteiger partial charge >= 0.3 is 0 Å². The summed E-state index contributed by atoms with van der Waals surface area (Å²) in [4.78, 5) is 30.8. The van der Waals surface area contributed by atoms with Crippen LogP contribution in [0.1, 0.15) is 65.7 Å². The fourth-order valence-corrected chi connectivity index (χ4v) is 6.33. The molecule has 1 aliphatic heterocycles. The van der Waals surface area contributed by atoms with E-state index in [9.17, 15) is 14.0 Å². The Labute approximate surface area is 228 Å². The number of aromatic nitrogens is 1. The SMILES string of the molecule is Cc1ccc2cc3n(c2c1)C[C@@](C(=O)NC1CCCCCC1)(c1ccccc1)N(Cc1ccc(F)cc1)C3=O. The number of carbonyl (C=O) groups is 2. The minimum absolute atomic E-state index is 0.0772. The Morgan fingerprint density at radius 1 is 0.949 bits per heavy atom. The van der Waals surface area contributed by atoms with Crippen molar-refractivity contribution in [2.45, 2.75) is 70.1 Å². The number of aryl methyl sites for hydroxylation is 1. The van der Waals surface area contributed by atoms with Crippen molar-refractivity contribution in [2.24, 2.45) is 0 Å². The third-order valence-electron chi connectivity index (χ3n) is 8.44. The van der Waals surface area contributed by atoms with Crippen molar-refractivity contribution in [2.75, 3.05) is 0 Å². The molecule has 0 spiro atoms. The number of carbonyl (C=O) groups excluding carboxylic acids is 2. The van der Waals surface area contributed by atoms with Crippen LogP contribution < -0.4 is 5.32 Å². The average Bonchev–Trinajstić information content (AvgIpc) is 3.10. The van der Waals surface area contributed by atoms with Gasteiger partial charge < -0.3 is 14.8 Å². The quantitative estimate of drug-likeness (QED) is 0.305. The fraction of sp³-hybridized carbons (Fsp3) is 0.333. The largest absolute Gasteiger partial charge is 0.351 e. The molecule has 1 aliphatic carbocycles. The fourth-order valence-electron chi connectivity index (χ4n) is 6.33. The van der Waals surface area contributed by atoms with Crippen LogP contribution in [0.25, 0.3) is 10.9 Å². The predicted molar refractivity (Wildman–Crippen MR) is 151 cm³/mol. The van der Waals surface area contributed by atoms with Crippen molar-refractivity contribution in [3.05, 3.63) is 107 Å². The maximum Gasteiger partial charge on any atom is 0.272 e. The minimum Gasteiger partial charge on any atom is -0.351 e. The molecule has 0 saturated heterocycles. The number of nitrogens with one attached hydrogen (secondary N) is 1. The normalized spacial score (nSPS) is 20.1. The second-order valence-electron chi connectivity index (χ2n) is 11.1. The van der Waals surface area contributed by atoms with E-state index < -0.39 is 5.54 Å². The summed E-state index contributed by atoms with van der Waals surface area (Å²) in [6.07, 6.45) is 6.44. The number of benzene rings is 3. The van der Waals surface area contributed by atoms with Gasteiger partial charge in [-0.2, -0.15) is 0 Å². The first-order chi connectivity index (χ1) is 19.0. The van der Waals surface area contributed by atoms with Crippen LogP contribution in [0.4, 0.5) is 4.39 Å². The molecule has 1 saturated carbocycles. The van der Waals surface area contributed by atoms with Gasteiger partial charge in [-0.1, -0.05) is 80.3 Å². The number of hydrogen-bond donors (Lipinski definition) is 1. The summed E-state index contributed by atoms with van der Waals surface area (Å²) in [5.74, 6) is -0.699. The van der Waals surface area contributed by atoms with Gasteiger partial charge in [-0.3, -0.25) is 9.59 Å². The van der Waals surface area contributed by atoms with Crippen molar-refractivity contribution < 1.29 is 14.0 Å². The minimum atomic E-state index is -1.28. The number of rotatable bonds is 5. The highest BCUT2D eigenvalue weighted by Gasteiger charge is 2.52. The van der Waals surface area contributed by atoms with E-state index >= 15 is 0 Å². The van der Waals surface area contributed by atoms with Gasteiger partial charge in [-0.05, 0) is 60.7 Å². The highest BCUT2D eigenvalue weighted by Crippen LogP contribution is 2.40. The zero-order valence-corrected chi connectivity index (χ0v) is 22.3. The average molecular weight is 524 g/mol. The summed E-state index contributed by atoms with van der Waals surface area (Å²) in [5, 5.41) is 4.36. The number of halogens is 1. The van der Waals surface area contributed by atoms with Crippen molar-refractivity contribution in [3.63, 3.8) is 0 Å². The molecule has 6 rings (SSSR count). The summed E-state index contributed by atoms with van der Waals surface area (Å²) < 4.78 is 15.8. The number of fused-ring (bicyclic) bond motifs is 3. The highest BCUT2D eigenvalue weighted by molar-refractivity contribution is 6.04. The maximum absolute atomic E-state index is 14.7. The van der Waals surface area contributed by atoms with Gasteiger partial charge in [0.25, 0.3) is 11.8 Å². The molecule has 3 aromatic carbocycles. The third kappa shape index (κ3) is 4.62. The molecule has 2 amide bonds. The van der Waals surface area contributed by atoms with Crippen LogP contribution >= 0.6 is 0 Å². The van der Waals surface area contributed by atoms with E-state index in [1.807, 2.05) is 60.0 Å². The summed E-state index contributed by atoms with van der Waals surface area (Å²) in [5.41, 5.74) is 2.87. The second kappa shape index (κ2) is 10.3. The Kier molecular flexibility index (Phi) is 6.71. The molecule has 39 heavy (non-hydrogen) atoms. The van der Waals surface area contributed by atoms with Gasteiger partial charge in [-0.15, -0.1) is 0 Å². The lowest BCUT2D eigenvalue weighted by molar-refractivity contribution is -0.136. The van der Waals surface area contributed by atoms with Crippen LogP contribution in [0, 0.1) is 12.7 Å². The third-order valence-corrected chi connectivity index (χ3v) is 8.44. The van der Waals surface area contributed by atoms with Crippen LogP contribution in [0.15, 0.2) is 78.9 Å². The van der Waals surface area contributed by atoms with Gasteiger partial charge in [-0.25, -0.2) is 4.39 Å². The Morgan fingerprint density at radius 2 is 1.67 bits per heavy atom. The zero-order valence-electron chi connectivity index (χ0n) is 22.3. The zero-order chi connectivity index (χ0) is 27.0. The molecule has 0 radical (unpaired) electrons. The number of hydrogen-bond acceptors (Lipinski definition) is 2. The Bertz CT molecular complexity index is 1500. The lowest BCUT2D eigenvalue weighted by Crippen LogP contribution is -2.63. The molecule has 0 bridgehead atoms. The van der Waals surface area contributed by atoms with Crippen LogP contribution in [0.3, 0.4) is 0 Å². The highest BCUT2D eigenvalue weighted by atomic mass is 19.1. The van der Waals surface area contributed by atoms with Gasteiger partial charge in [0.15, 0.2) is 5.54 Å². The number of nitrogens with zero attached hydrogens (tertiary/aromatic N) is 2. The summed E-state index contributed by atoms with van der Waals surface area (Å²) in [6.45, 7) is 2.52. The van der Waals surface area contributed by atoms with E-state index in [0.717, 1.165) is 53.3 Å². The van der Waals surface area contributed by atoms with E-state index in [-0.39, 0.29) is 30.2 Å². The molecule has 0 unspecified atom stereocenters. The second-order valence-corrected chi connectivity index (χ2v) is 11.1. The van der Waals surface area contributed by atoms with Gasteiger partial charge in [0.1, 0.15) is 11.5 Å². The monoisotopic (exact) mass is 523 g/mol. The first-order valence-electron chi connectivity index (χ1n) is 14.0. The van der Waals surface area contributed by atoms with E-state index in [2.05, 4.69) is 11.4 Å². The predicted octanol–water partition coefficient (Wildman–Crippen LogP) is 6.48. The molecule has 200 valence electrons. The van der Waals surface area contributed by atoms with Crippen LogP contribution in [-0.2, 0) is 23.4 Å². The van der Waals surface area contributed by atoms with E-state index in [1.165, 1.54) is 25.0 Å². The Balaban J connectivity index is 1.53. The lowest BCUT2D eigenvalue weighted by atomic mass is 9.83. The molecule has 1 N–H and O–H groups in total. The summed E-state index contributed by atoms with van der Waals surface area (Å²) in [7, 11) is 0. The molecule has 1 atom stereocenters. The Morgan fingerprint density at radius 3 is 2.38 bits per heavy atom. The molecule has 1 aromatic heterocycles. The lowest BCUT2D eigenvalue weighted by Gasteiger charge is -2.47. The first kappa shape index (κ1) is 25.4. The van der Waals surface area contributed by atoms with Crippen LogP contribution in [0.5, 0.6) is 0 Å². The van der Waals surface area contributed by atoms with Gasteiger partial charge in [0.05, 0.1) is 6.54 Å². The summed E-state index contributed by atoms with van der Waals surface area (Å²) >= 11 is 0. The maximum atomic E-state index is 14.7. The van der Waals surface area contributed by atoms with Crippen LogP contribution in [0.2, 0.25) is 0 Å². The van der Waals surface area contributed by atoms with Crippen molar-refractivity contribution in [3.8, 4) is 0 Å². The van der Waals surface area contributed by atoms with E-state index in [1.54, 1.807) is 17.0 Å². The van der Waals surface area contributed by atoms with Crippen LogP contribution in [-0.4, -0.2) is 27.3 Å². The van der Waals surface area contributed by atoms with Crippen molar-refractivity contribution in [1.29, 1.82) is 0 Å². The van der Waals surface area contributed by atoms with Gasteiger partial charge in [0.2, 0.25) is 0 Å². The molecular formula is C33H34FN3O2. The molecule has 4 aromatic rings. The molecular weight excluding hydrogens is 489 g/mol. The molecule has 6 heteroatoms. The first-order valence-corrected chi connectivity index (χ1v) is 14.0. The molecule has 1 fully saturated rings. The molecule has 5 nitrogen and oxygen atoms in total. The van der Waals surface area contributed by atoms with E-state index in [4.69, 9.17) is 0 Å². The smallest absolute Gasteiger partial charge is 0.272 e. The van der Waals surface area contributed by atoms with Crippen molar-refractivity contribution >= 4 is 22.7 Å². The van der Waals surface area contributed by atoms with Gasteiger partial charge in [0, 0.05) is 23.5 Å².